The van der Waals surface area contributed by atoms with Crippen LogP contribution in [-0.4, -0.2) is 22.5 Å². The summed E-state index contributed by atoms with van der Waals surface area (Å²) in [5.41, 5.74) is 2.70. The summed E-state index contributed by atoms with van der Waals surface area (Å²) in [4.78, 5) is 4.26. The Hall–Kier alpha value is -1.59. The van der Waals surface area contributed by atoms with Crippen LogP contribution in [0.5, 0.6) is 0 Å². The van der Waals surface area contributed by atoms with Gasteiger partial charge in [0.2, 0.25) is 0 Å². The molecule has 0 saturated heterocycles. The Labute approximate surface area is 128 Å². The van der Waals surface area contributed by atoms with Crippen molar-refractivity contribution in [1.82, 2.24) is 4.98 Å². The van der Waals surface area contributed by atoms with E-state index in [1.807, 2.05) is 18.2 Å². The number of hydrogen-bond acceptors (Lipinski definition) is 4. The van der Waals surface area contributed by atoms with Gasteiger partial charge in [0.25, 0.3) is 0 Å². The molecule has 3 nitrogen and oxygen atoms in total. The first-order valence-corrected chi connectivity index (χ1v) is 7.97. The number of nitrogens with zero attached hydrogens (tertiary/aromatic N) is 1. The zero-order valence-electron chi connectivity index (χ0n) is 12.0. The summed E-state index contributed by atoms with van der Waals surface area (Å²) < 4.78 is 13.5. The second-order valence-corrected chi connectivity index (χ2v) is 5.87. The molecular weight excluding hydrogens is 287 g/mol. The van der Waals surface area contributed by atoms with E-state index in [0.29, 0.717) is 12.1 Å². The average Bonchev–Trinajstić information content (AvgIpc) is 2.49. The first kappa shape index (κ1) is 15.8. The van der Waals surface area contributed by atoms with Gasteiger partial charge in [0.15, 0.2) is 0 Å². The molecule has 1 aromatic carbocycles. The molecule has 1 heterocycles. The van der Waals surface area contributed by atoms with Crippen molar-refractivity contribution in [2.24, 2.45) is 0 Å². The molecule has 0 aliphatic carbocycles. The average molecular weight is 306 g/mol. The highest BCUT2D eigenvalue weighted by Crippen LogP contribution is 2.15. The Morgan fingerprint density at radius 2 is 2.10 bits per heavy atom. The van der Waals surface area contributed by atoms with Gasteiger partial charge in [-0.3, -0.25) is 0 Å². The summed E-state index contributed by atoms with van der Waals surface area (Å²) in [5, 5.41) is 12.0. The van der Waals surface area contributed by atoms with Gasteiger partial charge in [-0.1, -0.05) is 12.1 Å². The number of rotatable bonds is 7. The summed E-state index contributed by atoms with van der Waals surface area (Å²) in [5.74, 6) is 2.17. The van der Waals surface area contributed by atoms with E-state index in [-0.39, 0.29) is 12.4 Å². The summed E-state index contributed by atoms with van der Waals surface area (Å²) in [6.45, 7) is 2.49. The number of aliphatic hydroxyl groups is 1. The minimum absolute atomic E-state index is 0.184. The number of aromatic nitrogens is 1. The van der Waals surface area contributed by atoms with Crippen LogP contribution in [0.25, 0.3) is 0 Å². The monoisotopic (exact) mass is 306 g/mol. The lowest BCUT2D eigenvalue weighted by atomic mass is 10.1. The number of halogens is 1. The third-order valence-corrected chi connectivity index (χ3v) is 4.05. The van der Waals surface area contributed by atoms with Crippen molar-refractivity contribution >= 4 is 17.6 Å². The van der Waals surface area contributed by atoms with E-state index in [9.17, 15) is 4.39 Å². The molecular formula is C16H19FN2OS. The van der Waals surface area contributed by atoms with Crippen molar-refractivity contribution in [1.29, 1.82) is 0 Å². The standard InChI is InChI=1S/C16H19FN2OS/c1-12-2-3-13(8-15(12)17)10-19-16-9-14(4-5-18-16)11-21-7-6-20/h2-5,8-9,20H,6-7,10-11H2,1H3,(H,18,19). The van der Waals surface area contributed by atoms with Crippen LogP contribution in [0.2, 0.25) is 0 Å². The van der Waals surface area contributed by atoms with Crippen LogP contribution in [0.1, 0.15) is 16.7 Å². The molecule has 2 aromatic rings. The SMILES string of the molecule is Cc1ccc(CNc2cc(CSCCO)ccn2)cc1F. The van der Waals surface area contributed by atoms with Crippen molar-refractivity contribution in [3.63, 3.8) is 0 Å². The number of anilines is 1. The van der Waals surface area contributed by atoms with E-state index in [4.69, 9.17) is 5.11 Å². The highest BCUT2D eigenvalue weighted by Gasteiger charge is 2.01. The van der Waals surface area contributed by atoms with Crippen molar-refractivity contribution in [2.45, 2.75) is 19.2 Å². The zero-order chi connectivity index (χ0) is 15.1. The minimum Gasteiger partial charge on any atom is -0.396 e. The molecule has 112 valence electrons. The van der Waals surface area contributed by atoms with E-state index in [2.05, 4.69) is 10.3 Å². The van der Waals surface area contributed by atoms with Gasteiger partial charge in [0.05, 0.1) is 6.61 Å². The first-order valence-electron chi connectivity index (χ1n) is 6.81. The molecule has 0 radical (unpaired) electrons. The molecule has 1 aromatic heterocycles. The van der Waals surface area contributed by atoms with Crippen LogP contribution in [0, 0.1) is 12.7 Å². The maximum atomic E-state index is 13.5. The molecule has 0 spiro atoms. The second-order valence-electron chi connectivity index (χ2n) is 4.76. The van der Waals surface area contributed by atoms with Crippen LogP contribution < -0.4 is 5.32 Å². The summed E-state index contributed by atoms with van der Waals surface area (Å²) in [7, 11) is 0. The third kappa shape index (κ3) is 5.02. The number of pyridine rings is 1. The number of hydrogen-bond donors (Lipinski definition) is 2. The minimum atomic E-state index is -0.184. The Morgan fingerprint density at radius 3 is 2.86 bits per heavy atom. The molecule has 0 saturated carbocycles. The molecule has 0 bridgehead atoms. The van der Waals surface area contributed by atoms with Gasteiger partial charge in [-0.05, 0) is 41.8 Å². The molecule has 0 unspecified atom stereocenters. The molecule has 2 rings (SSSR count). The molecule has 0 atom stereocenters. The molecule has 0 fully saturated rings. The van der Waals surface area contributed by atoms with Gasteiger partial charge in [-0.2, -0.15) is 11.8 Å². The largest absolute Gasteiger partial charge is 0.396 e. The van der Waals surface area contributed by atoms with E-state index in [0.717, 1.165) is 28.5 Å². The predicted molar refractivity (Wildman–Crippen MR) is 85.9 cm³/mol. The fraction of sp³-hybridized carbons (Fsp3) is 0.312. The fourth-order valence-corrected chi connectivity index (χ4v) is 2.54. The number of benzene rings is 1. The molecule has 0 aliphatic heterocycles. The quantitative estimate of drug-likeness (QED) is 0.770. The molecule has 0 aliphatic rings. The van der Waals surface area contributed by atoms with Crippen molar-refractivity contribution in [3.8, 4) is 0 Å². The lowest BCUT2D eigenvalue weighted by Crippen LogP contribution is -2.02. The van der Waals surface area contributed by atoms with Crippen molar-refractivity contribution < 1.29 is 9.50 Å². The number of aliphatic hydroxyl groups excluding tert-OH is 1. The highest BCUT2D eigenvalue weighted by molar-refractivity contribution is 7.98. The van der Waals surface area contributed by atoms with E-state index < -0.39 is 0 Å². The van der Waals surface area contributed by atoms with Crippen molar-refractivity contribution in [3.05, 3.63) is 59.0 Å². The van der Waals surface area contributed by atoms with Crippen LogP contribution in [0.4, 0.5) is 10.2 Å². The van der Waals surface area contributed by atoms with Gasteiger partial charge in [-0.25, -0.2) is 9.37 Å². The lowest BCUT2D eigenvalue weighted by molar-refractivity contribution is 0.322. The normalized spacial score (nSPS) is 10.6. The van der Waals surface area contributed by atoms with Gasteiger partial charge >= 0.3 is 0 Å². The molecule has 0 amide bonds. The predicted octanol–water partition coefficient (Wildman–Crippen LogP) is 3.37. The maximum absolute atomic E-state index is 13.5. The maximum Gasteiger partial charge on any atom is 0.126 e. The summed E-state index contributed by atoms with van der Waals surface area (Å²) >= 11 is 1.68. The van der Waals surface area contributed by atoms with Crippen molar-refractivity contribution in [2.75, 3.05) is 17.7 Å². The Kier molecular flexibility index (Phi) is 6.02. The number of thioether (sulfide) groups is 1. The van der Waals surface area contributed by atoms with Crippen LogP contribution in [-0.2, 0) is 12.3 Å². The van der Waals surface area contributed by atoms with Crippen LogP contribution >= 0.6 is 11.8 Å². The fourth-order valence-electron chi connectivity index (χ4n) is 1.85. The van der Waals surface area contributed by atoms with E-state index in [1.165, 1.54) is 0 Å². The van der Waals surface area contributed by atoms with Crippen LogP contribution in [0.3, 0.4) is 0 Å². The number of nitrogens with one attached hydrogen (secondary N) is 1. The van der Waals surface area contributed by atoms with Gasteiger partial charge < -0.3 is 10.4 Å². The Balaban J connectivity index is 1.93. The summed E-state index contributed by atoms with van der Waals surface area (Å²) in [6, 6.07) is 9.17. The van der Waals surface area contributed by atoms with Crippen LogP contribution in [0.15, 0.2) is 36.5 Å². The smallest absolute Gasteiger partial charge is 0.126 e. The van der Waals surface area contributed by atoms with E-state index in [1.54, 1.807) is 37.0 Å². The number of aryl methyl sites for hydroxylation is 1. The highest BCUT2D eigenvalue weighted by atomic mass is 32.2. The lowest BCUT2D eigenvalue weighted by Gasteiger charge is -2.08. The zero-order valence-corrected chi connectivity index (χ0v) is 12.8. The topological polar surface area (TPSA) is 45.1 Å². The molecule has 21 heavy (non-hydrogen) atoms. The Bertz CT molecular complexity index is 592. The van der Waals surface area contributed by atoms with Gasteiger partial charge in [0, 0.05) is 24.2 Å². The third-order valence-electron chi connectivity index (χ3n) is 3.04. The van der Waals surface area contributed by atoms with Gasteiger partial charge in [-0.15, -0.1) is 0 Å². The van der Waals surface area contributed by atoms with E-state index >= 15 is 0 Å². The Morgan fingerprint density at radius 1 is 1.24 bits per heavy atom. The van der Waals surface area contributed by atoms with Gasteiger partial charge in [0.1, 0.15) is 11.6 Å². The first-order chi connectivity index (χ1) is 10.2. The molecule has 2 N–H and O–H groups in total. The molecule has 5 heteroatoms. The second kappa shape index (κ2) is 8.00. The summed E-state index contributed by atoms with van der Waals surface area (Å²) in [6.07, 6.45) is 1.76.